The van der Waals surface area contributed by atoms with Crippen LogP contribution in [0.2, 0.25) is 0 Å². The van der Waals surface area contributed by atoms with E-state index in [2.05, 4.69) is 5.10 Å². The quantitative estimate of drug-likeness (QED) is 0.756. The van der Waals surface area contributed by atoms with Gasteiger partial charge in [0, 0.05) is 12.6 Å². The van der Waals surface area contributed by atoms with E-state index in [0.29, 0.717) is 12.4 Å². The Balaban J connectivity index is 2.07. The number of carboxylic acid groups (broad SMARTS) is 1. The monoisotopic (exact) mass is 211 g/mol. The second-order valence-corrected chi connectivity index (χ2v) is 3.86. The number of hydrogen-bond acceptors (Lipinski definition) is 4. The predicted molar refractivity (Wildman–Crippen MR) is 52.2 cm³/mol. The van der Waals surface area contributed by atoms with Gasteiger partial charge in [-0.3, -0.25) is 0 Å². The number of likely N-dealkylation sites (N-methyl/N-ethyl adjacent to an activating group) is 1. The van der Waals surface area contributed by atoms with E-state index in [4.69, 9.17) is 9.84 Å². The maximum atomic E-state index is 10.6. The molecule has 1 aliphatic heterocycles. The van der Waals surface area contributed by atoms with E-state index in [9.17, 15) is 4.79 Å². The van der Waals surface area contributed by atoms with E-state index in [-0.39, 0.29) is 11.8 Å². The molecule has 1 atom stereocenters. The largest absolute Gasteiger partial charge is 0.476 e. The fraction of sp³-hybridized carbons (Fsp3) is 0.556. The number of nitrogens with zero attached hydrogens (tertiary/aromatic N) is 3. The molecule has 0 spiro atoms. The van der Waals surface area contributed by atoms with Crippen LogP contribution in [0, 0.1) is 0 Å². The molecule has 0 fully saturated rings. The van der Waals surface area contributed by atoms with Gasteiger partial charge in [-0.05, 0) is 14.1 Å². The average Bonchev–Trinajstić information content (AvgIpc) is 2.58. The third kappa shape index (κ3) is 1.94. The number of aromatic nitrogens is 2. The normalized spacial score (nSPS) is 19.0. The van der Waals surface area contributed by atoms with Gasteiger partial charge in [0.15, 0.2) is 5.69 Å². The first-order valence-corrected chi connectivity index (χ1v) is 4.69. The Bertz CT molecular complexity index is 362. The highest BCUT2D eigenvalue weighted by Gasteiger charge is 2.26. The molecule has 0 saturated carbocycles. The van der Waals surface area contributed by atoms with E-state index in [0.717, 1.165) is 6.54 Å². The van der Waals surface area contributed by atoms with Crippen molar-refractivity contribution < 1.29 is 14.6 Å². The average molecular weight is 211 g/mol. The summed E-state index contributed by atoms with van der Waals surface area (Å²) in [5.41, 5.74) is 0.0355. The molecule has 1 aromatic rings. The number of hydrogen-bond donors (Lipinski definition) is 1. The minimum atomic E-state index is -1.02. The van der Waals surface area contributed by atoms with Gasteiger partial charge in [-0.2, -0.15) is 5.10 Å². The van der Waals surface area contributed by atoms with Crippen molar-refractivity contribution in [1.82, 2.24) is 14.7 Å². The van der Waals surface area contributed by atoms with Gasteiger partial charge in [0.2, 0.25) is 5.88 Å². The van der Waals surface area contributed by atoms with E-state index in [1.807, 2.05) is 19.0 Å². The van der Waals surface area contributed by atoms with Crippen molar-refractivity contribution in [1.29, 1.82) is 0 Å². The van der Waals surface area contributed by atoms with Gasteiger partial charge in [-0.1, -0.05) is 0 Å². The van der Waals surface area contributed by atoms with Crippen LogP contribution in [0.1, 0.15) is 10.5 Å². The lowest BCUT2D eigenvalue weighted by atomic mass is 10.3. The van der Waals surface area contributed by atoms with Crippen molar-refractivity contribution >= 4 is 5.97 Å². The Morgan fingerprint density at radius 1 is 1.80 bits per heavy atom. The zero-order valence-electron chi connectivity index (χ0n) is 8.67. The standard InChI is InChI=1S/C9H13N3O3/c1-11(2)4-6-5-12-8(15-6)3-7(10-12)9(13)14/h3,6H,4-5H2,1-2H3,(H,13,14). The van der Waals surface area contributed by atoms with E-state index in [1.165, 1.54) is 6.07 Å². The van der Waals surface area contributed by atoms with Crippen molar-refractivity contribution in [3.63, 3.8) is 0 Å². The molecule has 0 radical (unpaired) electrons. The Labute approximate surface area is 87.1 Å². The van der Waals surface area contributed by atoms with Crippen molar-refractivity contribution in [2.24, 2.45) is 0 Å². The minimum absolute atomic E-state index is 0.0355. The molecule has 1 aliphatic rings. The molecule has 0 saturated heterocycles. The Morgan fingerprint density at radius 3 is 3.07 bits per heavy atom. The number of carboxylic acids is 1. The maximum absolute atomic E-state index is 10.6. The van der Waals surface area contributed by atoms with Gasteiger partial charge in [-0.15, -0.1) is 0 Å². The third-order valence-corrected chi connectivity index (χ3v) is 2.19. The molecular formula is C9H13N3O3. The summed E-state index contributed by atoms with van der Waals surface area (Å²) >= 11 is 0. The summed E-state index contributed by atoms with van der Waals surface area (Å²) in [6.45, 7) is 1.41. The fourth-order valence-corrected chi connectivity index (χ4v) is 1.63. The van der Waals surface area contributed by atoms with Crippen molar-refractivity contribution in [3.8, 4) is 5.88 Å². The third-order valence-electron chi connectivity index (χ3n) is 2.19. The highest BCUT2D eigenvalue weighted by Crippen LogP contribution is 2.22. The van der Waals surface area contributed by atoms with E-state index < -0.39 is 5.97 Å². The lowest BCUT2D eigenvalue weighted by molar-refractivity contribution is 0.0688. The van der Waals surface area contributed by atoms with Crippen LogP contribution in [0.15, 0.2) is 6.07 Å². The summed E-state index contributed by atoms with van der Waals surface area (Å²) in [6, 6.07) is 1.46. The van der Waals surface area contributed by atoms with Crippen LogP contribution in [0.4, 0.5) is 0 Å². The molecule has 1 N–H and O–H groups in total. The van der Waals surface area contributed by atoms with E-state index in [1.54, 1.807) is 4.68 Å². The summed E-state index contributed by atoms with van der Waals surface area (Å²) < 4.78 is 7.14. The van der Waals surface area contributed by atoms with Gasteiger partial charge in [0.25, 0.3) is 0 Å². The van der Waals surface area contributed by atoms with Gasteiger partial charge < -0.3 is 14.7 Å². The SMILES string of the molecule is CN(C)CC1Cn2nc(C(=O)O)cc2O1. The maximum Gasteiger partial charge on any atom is 0.356 e. The molecule has 0 bridgehead atoms. The second-order valence-electron chi connectivity index (χ2n) is 3.86. The Kier molecular flexibility index (Phi) is 2.36. The Morgan fingerprint density at radius 2 is 2.53 bits per heavy atom. The molecule has 1 unspecified atom stereocenters. The highest BCUT2D eigenvalue weighted by atomic mass is 16.5. The van der Waals surface area contributed by atoms with Crippen LogP contribution in [0.5, 0.6) is 5.88 Å². The molecule has 15 heavy (non-hydrogen) atoms. The van der Waals surface area contributed by atoms with Gasteiger partial charge >= 0.3 is 5.97 Å². The molecule has 1 aromatic heterocycles. The first kappa shape index (κ1) is 9.97. The summed E-state index contributed by atoms with van der Waals surface area (Å²) in [5.74, 6) is -0.482. The van der Waals surface area contributed by atoms with Crippen LogP contribution >= 0.6 is 0 Å². The fourth-order valence-electron chi connectivity index (χ4n) is 1.63. The molecular weight excluding hydrogens is 198 g/mol. The molecule has 2 rings (SSSR count). The molecule has 0 amide bonds. The van der Waals surface area contributed by atoms with Gasteiger partial charge in [0.1, 0.15) is 6.10 Å². The first-order valence-electron chi connectivity index (χ1n) is 4.69. The predicted octanol–water partition coefficient (Wildman–Crippen LogP) is -0.0961. The van der Waals surface area contributed by atoms with Crippen LogP contribution < -0.4 is 4.74 Å². The lowest BCUT2D eigenvalue weighted by Crippen LogP contribution is -2.30. The summed E-state index contributed by atoms with van der Waals surface area (Å²) in [6.07, 6.45) is 0.0605. The Hall–Kier alpha value is -1.56. The number of carbonyl (C=O) groups is 1. The molecule has 2 heterocycles. The summed E-state index contributed by atoms with van der Waals surface area (Å²) in [4.78, 5) is 12.6. The van der Waals surface area contributed by atoms with Gasteiger partial charge in [-0.25, -0.2) is 9.48 Å². The zero-order chi connectivity index (χ0) is 11.0. The van der Waals surface area contributed by atoms with Crippen LogP contribution in [-0.2, 0) is 6.54 Å². The van der Waals surface area contributed by atoms with Crippen molar-refractivity contribution in [3.05, 3.63) is 11.8 Å². The van der Waals surface area contributed by atoms with Crippen LogP contribution in [-0.4, -0.2) is 52.5 Å². The number of fused-ring (bicyclic) bond motifs is 1. The lowest BCUT2D eigenvalue weighted by Gasteiger charge is -2.14. The van der Waals surface area contributed by atoms with Crippen molar-refractivity contribution in [2.45, 2.75) is 12.6 Å². The van der Waals surface area contributed by atoms with Crippen LogP contribution in [0.3, 0.4) is 0 Å². The second kappa shape index (κ2) is 3.54. The first-order chi connectivity index (χ1) is 7.06. The molecule has 6 nitrogen and oxygen atoms in total. The van der Waals surface area contributed by atoms with Crippen LogP contribution in [0.25, 0.3) is 0 Å². The zero-order valence-corrected chi connectivity index (χ0v) is 8.67. The molecule has 0 aliphatic carbocycles. The summed E-state index contributed by atoms with van der Waals surface area (Å²) in [5, 5.41) is 12.6. The topological polar surface area (TPSA) is 67.6 Å². The highest BCUT2D eigenvalue weighted by molar-refractivity contribution is 5.85. The van der Waals surface area contributed by atoms with Gasteiger partial charge in [0.05, 0.1) is 6.54 Å². The number of ether oxygens (including phenoxy) is 1. The smallest absolute Gasteiger partial charge is 0.356 e. The number of rotatable bonds is 3. The summed E-state index contributed by atoms with van der Waals surface area (Å²) in [7, 11) is 3.93. The minimum Gasteiger partial charge on any atom is -0.476 e. The van der Waals surface area contributed by atoms with E-state index >= 15 is 0 Å². The number of aromatic carboxylic acids is 1. The molecule has 6 heteroatoms. The molecule has 0 aromatic carbocycles. The van der Waals surface area contributed by atoms with Crippen molar-refractivity contribution in [2.75, 3.05) is 20.6 Å². The molecule has 82 valence electrons.